The van der Waals surface area contributed by atoms with Crippen LogP contribution in [0.3, 0.4) is 0 Å². The van der Waals surface area contributed by atoms with E-state index in [0.29, 0.717) is 18.6 Å². The number of benzene rings is 1. The highest BCUT2D eigenvalue weighted by Gasteiger charge is 2.22. The SMILES string of the molecule is CNC1CCCN(C(=O)CCc2cccc(OC3CCCC3)c2)C1.Cl. The van der Waals surface area contributed by atoms with Crippen LogP contribution in [0.2, 0.25) is 0 Å². The van der Waals surface area contributed by atoms with E-state index in [2.05, 4.69) is 17.4 Å². The number of aryl methyl sites for hydroxylation is 1. The highest BCUT2D eigenvalue weighted by molar-refractivity contribution is 5.85. The molecule has 1 N–H and O–H groups in total. The first kappa shape index (κ1) is 20.1. The van der Waals surface area contributed by atoms with Gasteiger partial charge in [-0.1, -0.05) is 12.1 Å². The molecule has 5 heteroatoms. The number of hydrogen-bond acceptors (Lipinski definition) is 3. The maximum Gasteiger partial charge on any atom is 0.222 e. The Labute approximate surface area is 157 Å². The van der Waals surface area contributed by atoms with E-state index in [0.717, 1.165) is 31.7 Å². The van der Waals surface area contributed by atoms with Crippen LogP contribution in [0.15, 0.2) is 24.3 Å². The summed E-state index contributed by atoms with van der Waals surface area (Å²) in [5.74, 6) is 1.23. The summed E-state index contributed by atoms with van der Waals surface area (Å²) in [7, 11) is 1.98. The molecule has 1 aromatic rings. The number of rotatable bonds is 6. The lowest BCUT2D eigenvalue weighted by atomic mass is 10.0. The Morgan fingerprint density at radius 2 is 2.04 bits per heavy atom. The highest BCUT2D eigenvalue weighted by Crippen LogP contribution is 2.25. The molecular weight excluding hydrogens is 336 g/mol. The summed E-state index contributed by atoms with van der Waals surface area (Å²) in [6.07, 6.45) is 8.93. The van der Waals surface area contributed by atoms with E-state index in [-0.39, 0.29) is 18.3 Å². The van der Waals surface area contributed by atoms with Crippen LogP contribution in [-0.2, 0) is 11.2 Å². The number of ether oxygens (including phenoxy) is 1. The molecule has 1 atom stereocenters. The average molecular weight is 367 g/mol. The van der Waals surface area contributed by atoms with Crippen molar-refractivity contribution < 1.29 is 9.53 Å². The molecular formula is C20H31ClN2O2. The third kappa shape index (κ3) is 5.89. The molecule has 2 aliphatic rings. The van der Waals surface area contributed by atoms with Crippen molar-refractivity contribution in [3.63, 3.8) is 0 Å². The second-order valence-corrected chi connectivity index (χ2v) is 7.14. The number of nitrogens with one attached hydrogen (secondary N) is 1. The number of piperidine rings is 1. The lowest BCUT2D eigenvalue weighted by Crippen LogP contribution is -2.47. The van der Waals surface area contributed by atoms with Crippen LogP contribution in [0.4, 0.5) is 0 Å². The molecule has 1 saturated heterocycles. The summed E-state index contributed by atoms with van der Waals surface area (Å²) in [5, 5.41) is 3.29. The number of nitrogens with zero attached hydrogens (tertiary/aromatic N) is 1. The fraction of sp³-hybridized carbons (Fsp3) is 0.650. The van der Waals surface area contributed by atoms with Crippen molar-refractivity contribution in [1.29, 1.82) is 0 Å². The maximum atomic E-state index is 12.5. The van der Waals surface area contributed by atoms with Crippen LogP contribution < -0.4 is 10.1 Å². The van der Waals surface area contributed by atoms with Gasteiger partial charge in [0.05, 0.1) is 6.10 Å². The number of carbonyl (C=O) groups excluding carboxylic acids is 1. The Hall–Kier alpha value is -1.26. The number of likely N-dealkylation sites (N-methyl/N-ethyl adjacent to an activating group) is 1. The topological polar surface area (TPSA) is 41.6 Å². The normalized spacial score (nSPS) is 21.0. The van der Waals surface area contributed by atoms with Crippen molar-refractivity contribution in [2.45, 2.75) is 63.5 Å². The molecule has 1 aliphatic carbocycles. The fourth-order valence-electron chi connectivity index (χ4n) is 3.82. The number of hydrogen-bond donors (Lipinski definition) is 1. The predicted octanol–water partition coefficient (Wildman–Crippen LogP) is 3.57. The quantitative estimate of drug-likeness (QED) is 0.836. The number of halogens is 1. The van der Waals surface area contributed by atoms with E-state index in [4.69, 9.17) is 4.74 Å². The van der Waals surface area contributed by atoms with Crippen molar-refractivity contribution in [1.82, 2.24) is 10.2 Å². The molecule has 1 heterocycles. The van der Waals surface area contributed by atoms with Gasteiger partial charge in [-0.05, 0) is 69.7 Å². The Kier molecular flexibility index (Phi) is 8.04. The first-order valence-electron chi connectivity index (χ1n) is 9.45. The third-order valence-corrected chi connectivity index (χ3v) is 5.31. The smallest absolute Gasteiger partial charge is 0.222 e. The van der Waals surface area contributed by atoms with Gasteiger partial charge in [-0.3, -0.25) is 4.79 Å². The van der Waals surface area contributed by atoms with Crippen LogP contribution in [0, 0.1) is 0 Å². The Bertz CT molecular complexity index is 546. The largest absolute Gasteiger partial charge is 0.490 e. The molecule has 140 valence electrons. The summed E-state index contributed by atoms with van der Waals surface area (Å²) in [6.45, 7) is 1.75. The molecule has 3 rings (SSSR count). The van der Waals surface area contributed by atoms with Gasteiger partial charge in [-0.2, -0.15) is 0 Å². The predicted molar refractivity (Wildman–Crippen MR) is 104 cm³/mol. The number of likely N-dealkylation sites (tertiary alicyclic amines) is 1. The lowest BCUT2D eigenvalue weighted by molar-refractivity contribution is -0.132. The van der Waals surface area contributed by atoms with Crippen LogP contribution in [0.5, 0.6) is 5.75 Å². The molecule has 4 nitrogen and oxygen atoms in total. The first-order chi connectivity index (χ1) is 11.7. The summed E-state index contributed by atoms with van der Waals surface area (Å²) < 4.78 is 6.06. The van der Waals surface area contributed by atoms with Crippen LogP contribution in [-0.4, -0.2) is 43.1 Å². The molecule has 2 fully saturated rings. The third-order valence-electron chi connectivity index (χ3n) is 5.31. The van der Waals surface area contributed by atoms with Gasteiger partial charge >= 0.3 is 0 Å². The van der Waals surface area contributed by atoms with E-state index < -0.39 is 0 Å². The second kappa shape index (κ2) is 10.0. The van der Waals surface area contributed by atoms with E-state index in [1.54, 1.807) is 0 Å². The number of carbonyl (C=O) groups is 1. The Morgan fingerprint density at radius 3 is 2.80 bits per heavy atom. The van der Waals surface area contributed by atoms with Crippen molar-refractivity contribution in [2.24, 2.45) is 0 Å². The van der Waals surface area contributed by atoms with Gasteiger partial charge in [0.15, 0.2) is 0 Å². The average Bonchev–Trinajstić information content (AvgIpc) is 3.13. The molecule has 1 aliphatic heterocycles. The van der Waals surface area contributed by atoms with E-state index in [9.17, 15) is 4.79 Å². The minimum atomic E-state index is 0. The second-order valence-electron chi connectivity index (χ2n) is 7.14. The summed E-state index contributed by atoms with van der Waals surface area (Å²) in [4.78, 5) is 14.5. The summed E-state index contributed by atoms with van der Waals surface area (Å²) in [5.41, 5.74) is 1.20. The molecule has 25 heavy (non-hydrogen) atoms. The Balaban J connectivity index is 0.00000225. The zero-order valence-corrected chi connectivity index (χ0v) is 16.0. The molecule has 1 unspecified atom stereocenters. The van der Waals surface area contributed by atoms with Crippen molar-refractivity contribution in [3.05, 3.63) is 29.8 Å². The van der Waals surface area contributed by atoms with Gasteiger partial charge in [-0.25, -0.2) is 0 Å². The maximum absolute atomic E-state index is 12.5. The van der Waals surface area contributed by atoms with E-state index >= 15 is 0 Å². The minimum Gasteiger partial charge on any atom is -0.490 e. The van der Waals surface area contributed by atoms with Crippen LogP contribution in [0.1, 0.15) is 50.5 Å². The number of amides is 1. The van der Waals surface area contributed by atoms with Gasteiger partial charge in [0.2, 0.25) is 5.91 Å². The summed E-state index contributed by atoms with van der Waals surface area (Å²) >= 11 is 0. The van der Waals surface area contributed by atoms with Crippen molar-refractivity contribution >= 4 is 18.3 Å². The first-order valence-corrected chi connectivity index (χ1v) is 9.45. The standard InChI is InChI=1S/C20H30N2O2.ClH/c1-21-17-7-5-13-22(15-17)20(23)12-11-16-6-4-10-19(14-16)24-18-8-2-3-9-18;/h4,6,10,14,17-18,21H,2-3,5,7-9,11-13,15H2,1H3;1H. The van der Waals surface area contributed by atoms with E-state index in [1.165, 1.54) is 37.7 Å². The molecule has 0 radical (unpaired) electrons. The van der Waals surface area contributed by atoms with Crippen molar-refractivity contribution in [3.8, 4) is 5.75 Å². The lowest BCUT2D eigenvalue weighted by Gasteiger charge is -2.32. The molecule has 0 spiro atoms. The molecule has 1 aromatic carbocycles. The van der Waals surface area contributed by atoms with Gasteiger partial charge < -0.3 is 15.0 Å². The van der Waals surface area contributed by atoms with Gasteiger partial charge in [0.1, 0.15) is 5.75 Å². The summed E-state index contributed by atoms with van der Waals surface area (Å²) in [6, 6.07) is 8.73. The van der Waals surface area contributed by atoms with Crippen LogP contribution >= 0.6 is 12.4 Å². The zero-order valence-electron chi connectivity index (χ0n) is 15.2. The molecule has 0 bridgehead atoms. The molecule has 0 aromatic heterocycles. The monoisotopic (exact) mass is 366 g/mol. The van der Waals surface area contributed by atoms with E-state index in [1.807, 2.05) is 24.1 Å². The zero-order chi connectivity index (χ0) is 16.8. The van der Waals surface area contributed by atoms with Gasteiger partial charge in [0.25, 0.3) is 0 Å². The minimum absolute atomic E-state index is 0. The molecule has 1 amide bonds. The Morgan fingerprint density at radius 1 is 1.24 bits per heavy atom. The van der Waals surface area contributed by atoms with Gasteiger partial charge in [-0.15, -0.1) is 12.4 Å². The highest BCUT2D eigenvalue weighted by atomic mass is 35.5. The van der Waals surface area contributed by atoms with Crippen LogP contribution in [0.25, 0.3) is 0 Å². The fourth-order valence-corrected chi connectivity index (χ4v) is 3.82. The van der Waals surface area contributed by atoms with Gasteiger partial charge in [0, 0.05) is 25.6 Å². The van der Waals surface area contributed by atoms with Crippen molar-refractivity contribution in [2.75, 3.05) is 20.1 Å². The molecule has 1 saturated carbocycles.